The normalized spacial score (nSPS) is 17.0. The second-order valence-electron chi connectivity index (χ2n) is 3.44. The molecule has 1 aliphatic rings. The lowest BCUT2D eigenvalue weighted by Gasteiger charge is -1.87. The lowest BCUT2D eigenvalue weighted by Crippen LogP contribution is -1.84. The van der Waals surface area contributed by atoms with E-state index in [4.69, 9.17) is 0 Å². The molecule has 2 nitrogen and oxygen atoms in total. The second-order valence-corrected chi connectivity index (χ2v) is 3.44. The maximum absolute atomic E-state index is 4.23. The molecule has 0 atom stereocenters. The summed E-state index contributed by atoms with van der Waals surface area (Å²) in [7, 11) is 0. The number of fused-ring (bicyclic) bond motifs is 1. The Hall–Kier alpha value is -1.31. The van der Waals surface area contributed by atoms with E-state index < -0.39 is 0 Å². The summed E-state index contributed by atoms with van der Waals surface area (Å²) in [5, 5.41) is 4.23. The summed E-state index contributed by atoms with van der Waals surface area (Å²) in [4.78, 5) is 0. The van der Waals surface area contributed by atoms with Gasteiger partial charge >= 0.3 is 0 Å². The van der Waals surface area contributed by atoms with Gasteiger partial charge in [0.1, 0.15) is 0 Å². The van der Waals surface area contributed by atoms with E-state index >= 15 is 0 Å². The van der Waals surface area contributed by atoms with Crippen molar-refractivity contribution < 1.29 is 0 Å². The summed E-state index contributed by atoms with van der Waals surface area (Å²) >= 11 is 0. The monoisotopic (exact) mass is 158 g/mol. The highest BCUT2D eigenvalue weighted by Gasteiger charge is 2.24. The molecule has 0 N–H and O–H groups in total. The van der Waals surface area contributed by atoms with Crippen molar-refractivity contribution in [3.05, 3.63) is 36.2 Å². The van der Waals surface area contributed by atoms with E-state index in [1.807, 2.05) is 16.8 Å². The average molecular weight is 158 g/mol. The van der Waals surface area contributed by atoms with Crippen LogP contribution in [0.15, 0.2) is 30.6 Å². The number of aromatic nitrogens is 2. The first-order valence-corrected chi connectivity index (χ1v) is 4.37. The zero-order valence-electron chi connectivity index (χ0n) is 6.77. The van der Waals surface area contributed by atoms with Crippen LogP contribution in [0, 0.1) is 0 Å². The number of hydrogen-bond donors (Lipinski definition) is 0. The first-order valence-electron chi connectivity index (χ1n) is 4.37. The Bertz CT molecular complexity index is 379. The van der Waals surface area contributed by atoms with Gasteiger partial charge in [-0.1, -0.05) is 0 Å². The van der Waals surface area contributed by atoms with E-state index in [0.29, 0.717) is 0 Å². The van der Waals surface area contributed by atoms with Crippen molar-refractivity contribution >= 4 is 5.52 Å². The van der Waals surface area contributed by atoms with Crippen LogP contribution in [0.1, 0.15) is 24.3 Å². The second kappa shape index (κ2) is 2.09. The summed E-state index contributed by atoms with van der Waals surface area (Å²) in [5.74, 6) is 0.826. The number of nitrogens with zero attached hydrogens (tertiary/aromatic N) is 2. The minimum absolute atomic E-state index is 0.826. The van der Waals surface area contributed by atoms with Crippen molar-refractivity contribution in [2.24, 2.45) is 0 Å². The predicted molar refractivity (Wildman–Crippen MR) is 47.2 cm³/mol. The van der Waals surface area contributed by atoms with Crippen LogP contribution in [0.4, 0.5) is 0 Å². The number of hydrogen-bond acceptors (Lipinski definition) is 1. The van der Waals surface area contributed by atoms with Gasteiger partial charge in [-0.15, -0.1) is 0 Å². The van der Waals surface area contributed by atoms with E-state index in [1.54, 1.807) is 0 Å². The Kier molecular flexibility index (Phi) is 1.09. The third kappa shape index (κ3) is 0.843. The van der Waals surface area contributed by atoms with Crippen molar-refractivity contribution in [1.29, 1.82) is 0 Å². The highest BCUT2D eigenvalue weighted by molar-refractivity contribution is 5.50. The van der Waals surface area contributed by atoms with Crippen LogP contribution in [-0.4, -0.2) is 9.61 Å². The molecular formula is C10H10N2. The molecule has 0 aromatic carbocycles. The fraction of sp³-hybridized carbons (Fsp3) is 0.300. The van der Waals surface area contributed by atoms with Gasteiger partial charge in [-0.2, -0.15) is 5.10 Å². The van der Waals surface area contributed by atoms with Gasteiger partial charge in [-0.25, -0.2) is 4.52 Å². The zero-order valence-corrected chi connectivity index (χ0v) is 6.77. The highest BCUT2D eigenvalue weighted by atomic mass is 15.2. The van der Waals surface area contributed by atoms with Crippen molar-refractivity contribution in [2.75, 3.05) is 0 Å². The average Bonchev–Trinajstić information content (AvgIpc) is 2.85. The minimum Gasteiger partial charge on any atom is -0.241 e. The Morgan fingerprint density at radius 1 is 1.42 bits per heavy atom. The van der Waals surface area contributed by atoms with Gasteiger partial charge in [0.15, 0.2) is 0 Å². The third-order valence-corrected chi connectivity index (χ3v) is 2.44. The molecule has 2 aromatic heterocycles. The Morgan fingerprint density at radius 3 is 3.08 bits per heavy atom. The summed E-state index contributed by atoms with van der Waals surface area (Å²) in [5.41, 5.74) is 2.66. The van der Waals surface area contributed by atoms with Crippen LogP contribution in [0.25, 0.3) is 5.52 Å². The van der Waals surface area contributed by atoms with Crippen LogP contribution in [-0.2, 0) is 0 Å². The highest BCUT2D eigenvalue weighted by Crippen LogP contribution is 2.40. The van der Waals surface area contributed by atoms with Gasteiger partial charge in [0.05, 0.1) is 5.52 Å². The summed E-state index contributed by atoms with van der Waals surface area (Å²) in [6.07, 6.45) is 6.68. The first kappa shape index (κ1) is 6.23. The van der Waals surface area contributed by atoms with Crippen molar-refractivity contribution in [1.82, 2.24) is 9.61 Å². The fourth-order valence-corrected chi connectivity index (χ4v) is 1.61. The summed E-state index contributed by atoms with van der Waals surface area (Å²) in [6.45, 7) is 0. The van der Waals surface area contributed by atoms with Crippen LogP contribution < -0.4 is 0 Å². The van der Waals surface area contributed by atoms with Crippen LogP contribution in [0.5, 0.6) is 0 Å². The zero-order chi connectivity index (χ0) is 7.97. The molecule has 2 aromatic rings. The van der Waals surface area contributed by atoms with E-state index in [-0.39, 0.29) is 0 Å². The van der Waals surface area contributed by atoms with Crippen LogP contribution in [0.3, 0.4) is 0 Å². The van der Waals surface area contributed by atoms with Crippen molar-refractivity contribution in [2.45, 2.75) is 18.8 Å². The van der Waals surface area contributed by atoms with E-state index in [2.05, 4.69) is 23.4 Å². The molecule has 1 aliphatic carbocycles. The van der Waals surface area contributed by atoms with Gasteiger partial charge in [0.2, 0.25) is 0 Å². The molecule has 0 bridgehead atoms. The quantitative estimate of drug-likeness (QED) is 0.622. The summed E-state index contributed by atoms with van der Waals surface area (Å²) < 4.78 is 1.95. The Morgan fingerprint density at radius 2 is 2.33 bits per heavy atom. The molecule has 0 unspecified atom stereocenters. The molecule has 1 fully saturated rings. The molecule has 0 radical (unpaired) electrons. The third-order valence-electron chi connectivity index (χ3n) is 2.44. The Labute approximate surface area is 70.8 Å². The van der Waals surface area contributed by atoms with Gasteiger partial charge in [0, 0.05) is 12.4 Å². The molecule has 12 heavy (non-hydrogen) atoms. The number of rotatable bonds is 1. The minimum atomic E-state index is 0.826. The topological polar surface area (TPSA) is 17.3 Å². The molecule has 0 aliphatic heterocycles. The van der Waals surface area contributed by atoms with Gasteiger partial charge < -0.3 is 0 Å². The maximum Gasteiger partial charge on any atom is 0.0649 e. The summed E-state index contributed by atoms with van der Waals surface area (Å²) in [6, 6.07) is 6.32. The standard InChI is InChI=1S/C10H10N2/c1-2-10-6-9(8-3-4-8)7-12(10)11-5-1/h1-2,5-8H,3-4H2. The molecule has 0 spiro atoms. The fourth-order valence-electron chi connectivity index (χ4n) is 1.61. The van der Waals surface area contributed by atoms with E-state index in [0.717, 1.165) is 5.92 Å². The molecule has 1 saturated carbocycles. The van der Waals surface area contributed by atoms with Gasteiger partial charge in [-0.3, -0.25) is 0 Å². The largest absolute Gasteiger partial charge is 0.241 e. The lowest BCUT2D eigenvalue weighted by molar-refractivity contribution is 0.931. The van der Waals surface area contributed by atoms with Crippen molar-refractivity contribution in [3.8, 4) is 0 Å². The Balaban J connectivity index is 2.23. The van der Waals surface area contributed by atoms with Crippen LogP contribution >= 0.6 is 0 Å². The molecular weight excluding hydrogens is 148 g/mol. The molecule has 2 heterocycles. The lowest BCUT2D eigenvalue weighted by atomic mass is 10.2. The molecule has 0 saturated heterocycles. The van der Waals surface area contributed by atoms with Crippen LogP contribution in [0.2, 0.25) is 0 Å². The molecule has 60 valence electrons. The van der Waals surface area contributed by atoms with E-state index in [9.17, 15) is 0 Å². The molecule has 0 amide bonds. The molecule has 3 rings (SSSR count). The van der Waals surface area contributed by atoms with Gasteiger partial charge in [0.25, 0.3) is 0 Å². The van der Waals surface area contributed by atoms with Crippen molar-refractivity contribution in [3.63, 3.8) is 0 Å². The maximum atomic E-state index is 4.23. The van der Waals surface area contributed by atoms with Gasteiger partial charge in [-0.05, 0) is 42.5 Å². The molecule has 2 heteroatoms. The predicted octanol–water partition coefficient (Wildman–Crippen LogP) is 2.21. The first-order chi connectivity index (χ1) is 5.93. The smallest absolute Gasteiger partial charge is 0.0649 e. The SMILES string of the molecule is c1cnn2cc(C3CC3)cc2c1. The van der Waals surface area contributed by atoms with E-state index in [1.165, 1.54) is 23.9 Å².